The van der Waals surface area contributed by atoms with Crippen molar-refractivity contribution < 1.29 is 4.21 Å². The van der Waals surface area contributed by atoms with Crippen LogP contribution in [0.25, 0.3) is 0 Å². The second-order valence-electron chi connectivity index (χ2n) is 3.82. The van der Waals surface area contributed by atoms with Gasteiger partial charge in [-0.1, -0.05) is 0 Å². The van der Waals surface area contributed by atoms with Crippen molar-refractivity contribution in [3.8, 4) is 0 Å². The monoisotopic (exact) mass is 200 g/mol. The summed E-state index contributed by atoms with van der Waals surface area (Å²) in [6.45, 7) is 1.05. The third kappa shape index (κ3) is 1.93. The van der Waals surface area contributed by atoms with Crippen molar-refractivity contribution in [1.82, 2.24) is 4.90 Å². The summed E-state index contributed by atoms with van der Waals surface area (Å²) < 4.78 is 11.1. The Morgan fingerprint density at radius 2 is 2.08 bits per heavy atom. The van der Waals surface area contributed by atoms with E-state index in [1.54, 1.807) is 0 Å². The molecule has 0 aromatic rings. The zero-order valence-electron chi connectivity index (χ0n) is 7.79. The van der Waals surface area contributed by atoms with Crippen LogP contribution >= 0.6 is 0 Å². The van der Waals surface area contributed by atoms with E-state index in [2.05, 4.69) is 4.90 Å². The van der Waals surface area contributed by atoms with Crippen LogP contribution in [0.4, 0.5) is 0 Å². The van der Waals surface area contributed by atoms with Gasteiger partial charge in [0.05, 0.1) is 5.84 Å². The molecular weight excluding hydrogens is 184 g/mol. The van der Waals surface area contributed by atoms with Crippen molar-refractivity contribution in [2.75, 3.05) is 18.1 Å². The van der Waals surface area contributed by atoms with E-state index in [1.165, 1.54) is 0 Å². The van der Waals surface area contributed by atoms with E-state index in [9.17, 15) is 4.21 Å². The van der Waals surface area contributed by atoms with Gasteiger partial charge in [0.15, 0.2) is 0 Å². The molecular formula is C9H16N2OS. The average Bonchev–Trinajstić information content (AvgIpc) is 2.53. The number of rotatable bonds is 1. The number of likely N-dealkylation sites (tertiary alicyclic amines) is 1. The molecule has 2 heterocycles. The molecule has 13 heavy (non-hydrogen) atoms. The number of amidine groups is 1. The molecule has 0 saturated carbocycles. The molecule has 2 saturated heterocycles. The highest BCUT2D eigenvalue weighted by Crippen LogP contribution is 2.21. The molecule has 74 valence electrons. The zero-order valence-corrected chi connectivity index (χ0v) is 8.61. The lowest BCUT2D eigenvalue weighted by molar-refractivity contribution is 0.311. The van der Waals surface area contributed by atoms with Crippen LogP contribution in [0.1, 0.15) is 25.7 Å². The summed E-state index contributed by atoms with van der Waals surface area (Å²) in [5.74, 6) is 2.49. The Morgan fingerprint density at radius 1 is 1.38 bits per heavy atom. The summed E-state index contributed by atoms with van der Waals surface area (Å²) in [5, 5.41) is 7.74. The lowest BCUT2D eigenvalue weighted by atomic mass is 10.1. The molecule has 0 atom stereocenters. The van der Waals surface area contributed by atoms with Crippen LogP contribution in [0.3, 0.4) is 0 Å². The van der Waals surface area contributed by atoms with Gasteiger partial charge in [0.2, 0.25) is 0 Å². The maximum Gasteiger partial charge on any atom is 0.0960 e. The highest BCUT2D eigenvalue weighted by molar-refractivity contribution is 7.85. The van der Waals surface area contributed by atoms with E-state index < -0.39 is 10.8 Å². The molecule has 2 rings (SSSR count). The SMILES string of the molecule is N=C1CCCN1C1CCS(=O)CC1. The summed E-state index contributed by atoms with van der Waals surface area (Å²) in [4.78, 5) is 2.22. The fourth-order valence-corrected chi connectivity index (χ4v) is 3.47. The minimum atomic E-state index is -0.569. The first-order valence-corrected chi connectivity index (χ1v) is 6.45. The molecule has 2 aliphatic rings. The van der Waals surface area contributed by atoms with E-state index in [0.717, 1.165) is 49.6 Å². The molecule has 4 heteroatoms. The Kier molecular flexibility index (Phi) is 2.67. The predicted octanol–water partition coefficient (Wildman–Crippen LogP) is 0.971. The quantitative estimate of drug-likeness (QED) is 0.685. The van der Waals surface area contributed by atoms with Crippen LogP contribution in [-0.4, -0.2) is 39.0 Å². The van der Waals surface area contributed by atoms with Gasteiger partial charge in [0.25, 0.3) is 0 Å². The molecule has 2 aliphatic heterocycles. The van der Waals surface area contributed by atoms with E-state index in [1.807, 2.05) is 0 Å². The Labute approximate surface area is 81.5 Å². The molecule has 0 aromatic carbocycles. The van der Waals surface area contributed by atoms with Gasteiger partial charge in [-0.25, -0.2) is 0 Å². The molecule has 3 nitrogen and oxygen atoms in total. The van der Waals surface area contributed by atoms with E-state index >= 15 is 0 Å². The second-order valence-corrected chi connectivity index (χ2v) is 5.52. The maximum absolute atomic E-state index is 11.1. The lowest BCUT2D eigenvalue weighted by Gasteiger charge is -2.31. The highest BCUT2D eigenvalue weighted by atomic mass is 32.2. The first-order valence-electron chi connectivity index (χ1n) is 4.96. The molecule has 0 aromatic heterocycles. The van der Waals surface area contributed by atoms with Crippen LogP contribution in [0.2, 0.25) is 0 Å². The maximum atomic E-state index is 11.1. The van der Waals surface area contributed by atoms with Gasteiger partial charge in [0, 0.05) is 41.3 Å². The van der Waals surface area contributed by atoms with Crippen LogP contribution in [0.5, 0.6) is 0 Å². The normalized spacial score (nSPS) is 35.4. The number of hydrogen-bond donors (Lipinski definition) is 1. The number of hydrogen-bond acceptors (Lipinski definition) is 2. The third-order valence-electron chi connectivity index (χ3n) is 2.96. The van der Waals surface area contributed by atoms with Gasteiger partial charge < -0.3 is 4.90 Å². The summed E-state index contributed by atoms with van der Waals surface area (Å²) >= 11 is 0. The van der Waals surface area contributed by atoms with Crippen LogP contribution in [0, 0.1) is 5.41 Å². The molecule has 0 radical (unpaired) electrons. The van der Waals surface area contributed by atoms with Gasteiger partial charge in [-0.05, 0) is 19.3 Å². The van der Waals surface area contributed by atoms with Gasteiger partial charge in [-0.2, -0.15) is 0 Å². The molecule has 0 bridgehead atoms. The Hall–Kier alpha value is -0.380. The fraction of sp³-hybridized carbons (Fsp3) is 0.889. The minimum absolute atomic E-state index is 0.521. The largest absolute Gasteiger partial charge is 0.357 e. The van der Waals surface area contributed by atoms with Crippen molar-refractivity contribution in [2.45, 2.75) is 31.7 Å². The van der Waals surface area contributed by atoms with Crippen molar-refractivity contribution >= 4 is 16.6 Å². The predicted molar refractivity (Wildman–Crippen MR) is 54.6 cm³/mol. The second kappa shape index (κ2) is 3.78. The summed E-state index contributed by atoms with van der Waals surface area (Å²) in [6, 6.07) is 0.521. The Morgan fingerprint density at radius 3 is 2.62 bits per heavy atom. The van der Waals surface area contributed by atoms with Crippen LogP contribution in [-0.2, 0) is 10.8 Å². The van der Waals surface area contributed by atoms with Crippen LogP contribution in [0.15, 0.2) is 0 Å². The standard InChI is InChI=1S/C9H16N2OS/c10-9-2-1-5-11(9)8-3-6-13(12)7-4-8/h8,10H,1-7H2. The topological polar surface area (TPSA) is 44.2 Å². The van der Waals surface area contributed by atoms with Gasteiger partial charge >= 0.3 is 0 Å². The zero-order chi connectivity index (χ0) is 9.26. The first-order chi connectivity index (χ1) is 6.27. The fourth-order valence-electron chi connectivity index (χ4n) is 2.19. The van der Waals surface area contributed by atoms with Crippen molar-refractivity contribution in [3.05, 3.63) is 0 Å². The molecule has 1 N–H and O–H groups in total. The lowest BCUT2D eigenvalue weighted by Crippen LogP contribution is -2.40. The van der Waals surface area contributed by atoms with E-state index in [4.69, 9.17) is 5.41 Å². The van der Waals surface area contributed by atoms with Gasteiger partial charge in [-0.15, -0.1) is 0 Å². The molecule has 0 unspecified atom stereocenters. The molecule has 2 fully saturated rings. The van der Waals surface area contributed by atoms with Crippen LogP contribution < -0.4 is 0 Å². The summed E-state index contributed by atoms with van der Waals surface area (Å²) in [6.07, 6.45) is 4.13. The number of nitrogens with one attached hydrogen (secondary N) is 1. The minimum Gasteiger partial charge on any atom is -0.357 e. The van der Waals surface area contributed by atoms with E-state index in [0.29, 0.717) is 6.04 Å². The average molecular weight is 200 g/mol. The Bertz CT molecular complexity index is 232. The van der Waals surface area contributed by atoms with Crippen molar-refractivity contribution in [2.24, 2.45) is 0 Å². The van der Waals surface area contributed by atoms with Crippen molar-refractivity contribution in [3.63, 3.8) is 0 Å². The van der Waals surface area contributed by atoms with Gasteiger partial charge in [0.1, 0.15) is 0 Å². The summed E-state index contributed by atoms with van der Waals surface area (Å²) in [7, 11) is -0.569. The summed E-state index contributed by atoms with van der Waals surface area (Å²) in [5.41, 5.74) is 0. The van der Waals surface area contributed by atoms with Gasteiger partial charge in [-0.3, -0.25) is 9.62 Å². The molecule has 0 amide bonds. The number of nitrogens with zero attached hydrogens (tertiary/aromatic N) is 1. The van der Waals surface area contributed by atoms with Crippen molar-refractivity contribution in [1.29, 1.82) is 5.41 Å². The smallest absolute Gasteiger partial charge is 0.0960 e. The third-order valence-corrected chi connectivity index (χ3v) is 4.34. The molecule has 0 spiro atoms. The highest BCUT2D eigenvalue weighted by Gasteiger charge is 2.28. The first kappa shape index (κ1) is 9.19. The van der Waals surface area contributed by atoms with E-state index in [-0.39, 0.29) is 0 Å². The Balaban J connectivity index is 1.93. The molecule has 0 aliphatic carbocycles.